The van der Waals surface area contributed by atoms with E-state index in [1.165, 1.54) is 64.2 Å². The molecule has 2 aliphatic carbocycles. The van der Waals surface area contributed by atoms with E-state index in [1.807, 2.05) is 0 Å². The minimum Gasteiger partial charge on any atom is -0.474 e. The maximum Gasteiger partial charge on any atom is 0.294 e. The van der Waals surface area contributed by atoms with E-state index in [1.54, 1.807) is 11.8 Å². The number of nitrogens with zero attached hydrogens (tertiary/aromatic N) is 2. The van der Waals surface area contributed by atoms with Crippen LogP contribution in [0.5, 0.6) is 5.88 Å². The Hall–Kier alpha value is -1.21. The lowest BCUT2D eigenvalue weighted by atomic mass is 9.85. The summed E-state index contributed by atoms with van der Waals surface area (Å²) >= 11 is 1.80. The van der Waals surface area contributed by atoms with Crippen molar-refractivity contribution >= 4 is 17.7 Å². The van der Waals surface area contributed by atoms with Gasteiger partial charge >= 0.3 is 0 Å². The number of piperidine rings is 2. The number of carbonyl (C=O) groups excluding carboxylic acids is 1. The van der Waals surface area contributed by atoms with E-state index in [0.29, 0.717) is 41.4 Å². The van der Waals surface area contributed by atoms with Crippen molar-refractivity contribution < 1.29 is 14.1 Å². The Balaban J connectivity index is 1.35. The van der Waals surface area contributed by atoms with Crippen molar-refractivity contribution in [1.82, 2.24) is 15.4 Å². The van der Waals surface area contributed by atoms with Crippen molar-refractivity contribution in [2.45, 2.75) is 106 Å². The van der Waals surface area contributed by atoms with Gasteiger partial charge in [0.2, 0.25) is 5.76 Å². The number of nitrogens with one attached hydrogen (secondary N) is 1. The van der Waals surface area contributed by atoms with Crippen molar-refractivity contribution in [1.29, 1.82) is 0 Å². The first-order valence-corrected chi connectivity index (χ1v) is 14.5. The van der Waals surface area contributed by atoms with Crippen LogP contribution in [0.25, 0.3) is 0 Å². The molecule has 33 heavy (non-hydrogen) atoms. The van der Waals surface area contributed by atoms with Gasteiger partial charge < -0.3 is 19.5 Å². The van der Waals surface area contributed by atoms with Gasteiger partial charge in [0.05, 0.1) is 6.61 Å². The van der Waals surface area contributed by atoms with Gasteiger partial charge in [0, 0.05) is 17.8 Å². The summed E-state index contributed by atoms with van der Waals surface area (Å²) in [7, 11) is 0. The first-order valence-electron chi connectivity index (χ1n) is 13.6. The van der Waals surface area contributed by atoms with Crippen LogP contribution >= 0.6 is 11.8 Å². The number of ether oxygens (including phenoxy) is 1. The third-order valence-corrected chi connectivity index (χ3v) is 9.72. The largest absolute Gasteiger partial charge is 0.474 e. The van der Waals surface area contributed by atoms with Crippen LogP contribution in [0.15, 0.2) is 9.42 Å². The van der Waals surface area contributed by atoms with Gasteiger partial charge in [-0.2, -0.15) is 0 Å². The van der Waals surface area contributed by atoms with Gasteiger partial charge in [-0.3, -0.25) is 4.79 Å². The lowest BCUT2D eigenvalue weighted by molar-refractivity contribution is 0.0435. The molecule has 4 fully saturated rings. The highest BCUT2D eigenvalue weighted by atomic mass is 32.2. The number of amides is 1. The van der Waals surface area contributed by atoms with Gasteiger partial charge in [-0.1, -0.05) is 38.5 Å². The Morgan fingerprint density at radius 2 is 1.70 bits per heavy atom. The zero-order valence-corrected chi connectivity index (χ0v) is 20.9. The van der Waals surface area contributed by atoms with E-state index in [9.17, 15) is 4.79 Å². The van der Waals surface area contributed by atoms with Crippen LogP contribution in [0.2, 0.25) is 0 Å². The molecule has 2 saturated carbocycles. The fraction of sp³-hybridized carbons (Fsp3) is 0.846. The van der Waals surface area contributed by atoms with Crippen molar-refractivity contribution in [2.75, 3.05) is 26.2 Å². The molecule has 3 heterocycles. The smallest absolute Gasteiger partial charge is 0.294 e. The molecule has 0 spiro atoms. The average molecular weight is 476 g/mol. The molecule has 1 N–H and O–H groups in total. The average Bonchev–Trinajstić information content (AvgIpc) is 3.09. The minimum absolute atomic E-state index is 0.0501. The molecule has 7 heteroatoms. The molecule has 5 rings (SSSR count). The van der Waals surface area contributed by atoms with Gasteiger partial charge in [0.25, 0.3) is 11.8 Å². The van der Waals surface area contributed by atoms with Crippen LogP contribution in [0.4, 0.5) is 0 Å². The number of likely N-dealkylation sites (tertiary alicyclic amines) is 1. The highest BCUT2D eigenvalue weighted by Gasteiger charge is 2.38. The summed E-state index contributed by atoms with van der Waals surface area (Å²) in [6.45, 7) is 3.61. The highest BCUT2D eigenvalue weighted by molar-refractivity contribution is 8.00. The molecule has 1 amide bonds. The Kier molecular flexibility index (Phi) is 8.18. The Morgan fingerprint density at radius 1 is 0.970 bits per heavy atom. The van der Waals surface area contributed by atoms with Gasteiger partial charge in [0.15, 0.2) is 0 Å². The fourth-order valence-corrected chi connectivity index (χ4v) is 7.71. The second kappa shape index (κ2) is 11.5. The van der Waals surface area contributed by atoms with Crippen LogP contribution in [0, 0.1) is 11.8 Å². The van der Waals surface area contributed by atoms with E-state index in [0.717, 1.165) is 50.2 Å². The molecule has 1 aromatic rings. The molecule has 0 radical (unpaired) electrons. The van der Waals surface area contributed by atoms with Crippen LogP contribution in [0.1, 0.15) is 100 Å². The quantitative estimate of drug-likeness (QED) is 0.572. The molecule has 0 unspecified atom stereocenters. The van der Waals surface area contributed by atoms with Crippen LogP contribution in [-0.4, -0.2) is 53.5 Å². The zero-order chi connectivity index (χ0) is 22.5. The molecule has 0 bridgehead atoms. The number of fused-ring (bicyclic) bond motifs is 1. The molecule has 0 aromatic carbocycles. The van der Waals surface area contributed by atoms with Crippen molar-refractivity contribution in [3.8, 4) is 5.88 Å². The van der Waals surface area contributed by atoms with E-state index >= 15 is 0 Å². The number of carbonyl (C=O) groups is 1. The predicted molar refractivity (Wildman–Crippen MR) is 131 cm³/mol. The zero-order valence-electron chi connectivity index (χ0n) is 20.1. The standard InChI is InChI=1S/C26H41N3O3S/c30-26(29-17-7-9-20-8-3-1-6-12-22(20)29)23-24(33-21-10-4-2-5-11-21)25(28-32-23)31-18-19-13-15-27-16-14-19/h19-22,27H,1-18H2/t20-,22-/m0/s1. The van der Waals surface area contributed by atoms with Gasteiger partial charge in [-0.15, -0.1) is 11.8 Å². The van der Waals surface area contributed by atoms with Crippen LogP contribution in [-0.2, 0) is 0 Å². The topological polar surface area (TPSA) is 67.6 Å². The van der Waals surface area contributed by atoms with Gasteiger partial charge in [0.1, 0.15) is 4.90 Å². The summed E-state index contributed by atoms with van der Waals surface area (Å²) in [5.41, 5.74) is 0. The van der Waals surface area contributed by atoms with Crippen LogP contribution < -0.4 is 10.1 Å². The number of aromatic nitrogens is 1. The maximum absolute atomic E-state index is 13.9. The molecular formula is C26H41N3O3S. The third-order valence-electron chi connectivity index (χ3n) is 8.32. The molecule has 184 valence electrons. The number of rotatable bonds is 6. The Morgan fingerprint density at radius 3 is 2.52 bits per heavy atom. The summed E-state index contributed by atoms with van der Waals surface area (Å²) < 4.78 is 12.0. The maximum atomic E-state index is 13.9. The monoisotopic (exact) mass is 475 g/mol. The van der Waals surface area contributed by atoms with E-state index in [-0.39, 0.29) is 5.91 Å². The lowest BCUT2D eigenvalue weighted by Crippen LogP contribution is -2.48. The fourth-order valence-electron chi connectivity index (χ4n) is 6.38. The molecule has 6 nitrogen and oxygen atoms in total. The molecular weight excluding hydrogens is 434 g/mol. The highest BCUT2D eigenvalue weighted by Crippen LogP contribution is 2.42. The van der Waals surface area contributed by atoms with Crippen molar-refractivity contribution in [3.63, 3.8) is 0 Å². The van der Waals surface area contributed by atoms with Crippen molar-refractivity contribution in [3.05, 3.63) is 5.76 Å². The summed E-state index contributed by atoms with van der Waals surface area (Å²) in [6, 6.07) is 0.366. The predicted octanol–water partition coefficient (Wildman–Crippen LogP) is 5.66. The Labute approximate surface area is 202 Å². The number of hydrogen-bond donors (Lipinski definition) is 1. The summed E-state index contributed by atoms with van der Waals surface area (Å²) in [5, 5.41) is 8.27. The third kappa shape index (κ3) is 5.72. The summed E-state index contributed by atoms with van der Waals surface area (Å²) in [6.07, 6.45) is 17.1. The van der Waals surface area contributed by atoms with E-state index < -0.39 is 0 Å². The number of hydrogen-bond acceptors (Lipinski definition) is 6. The first-order chi connectivity index (χ1) is 16.3. The SMILES string of the molecule is O=C(c1onc(OCC2CCNCC2)c1SC1CCCCC1)N1CCC[C@@H]2CCCCC[C@@H]21. The second-order valence-electron chi connectivity index (χ2n) is 10.6. The lowest BCUT2D eigenvalue weighted by Gasteiger charge is -2.40. The molecule has 1 aromatic heterocycles. The molecule has 2 atom stereocenters. The van der Waals surface area contributed by atoms with Gasteiger partial charge in [-0.05, 0) is 81.4 Å². The van der Waals surface area contributed by atoms with Crippen LogP contribution in [0.3, 0.4) is 0 Å². The molecule has 2 saturated heterocycles. The molecule has 2 aliphatic heterocycles. The summed E-state index contributed by atoms with van der Waals surface area (Å²) in [4.78, 5) is 16.9. The minimum atomic E-state index is 0.0501. The van der Waals surface area contributed by atoms with Gasteiger partial charge in [-0.25, -0.2) is 0 Å². The van der Waals surface area contributed by atoms with E-state index in [2.05, 4.69) is 15.4 Å². The summed E-state index contributed by atoms with van der Waals surface area (Å²) in [5.74, 6) is 2.24. The number of thioether (sulfide) groups is 1. The Bertz CT molecular complexity index is 773. The first kappa shape index (κ1) is 23.5. The normalized spacial score (nSPS) is 27.7. The van der Waals surface area contributed by atoms with Crippen molar-refractivity contribution in [2.24, 2.45) is 11.8 Å². The van der Waals surface area contributed by atoms with E-state index in [4.69, 9.17) is 9.26 Å². The molecule has 4 aliphatic rings. The second-order valence-corrected chi connectivity index (χ2v) is 11.9.